The maximum absolute atomic E-state index is 13.0. The lowest BCUT2D eigenvalue weighted by Crippen LogP contribution is -2.34. The molecular formula is C16H11FN2O4S. The second-order valence-corrected chi connectivity index (χ2v) is 6.00. The van der Waals surface area contributed by atoms with Crippen LogP contribution in [0, 0.1) is 5.82 Å². The summed E-state index contributed by atoms with van der Waals surface area (Å²) in [4.78, 5) is 36.5. The number of carbonyl (C=O) groups is 3. The maximum Gasteiger partial charge on any atom is 0.335 e. The molecule has 8 heteroatoms. The van der Waals surface area contributed by atoms with Gasteiger partial charge in [-0.2, -0.15) is 0 Å². The van der Waals surface area contributed by atoms with Crippen molar-refractivity contribution in [3.8, 4) is 0 Å². The van der Waals surface area contributed by atoms with Crippen molar-refractivity contribution in [3.05, 3.63) is 59.9 Å². The van der Waals surface area contributed by atoms with Gasteiger partial charge in [0.25, 0.3) is 11.1 Å². The molecule has 0 aromatic heterocycles. The molecule has 1 aliphatic heterocycles. The van der Waals surface area contributed by atoms with E-state index >= 15 is 0 Å². The number of carbonyl (C=O) groups excluding carboxylic acids is 2. The van der Waals surface area contributed by atoms with Crippen LogP contribution < -0.4 is 10.2 Å². The van der Waals surface area contributed by atoms with Crippen LogP contribution >= 0.6 is 11.8 Å². The van der Waals surface area contributed by atoms with E-state index in [0.29, 0.717) is 5.69 Å². The molecule has 3 rings (SSSR count). The average molecular weight is 346 g/mol. The van der Waals surface area contributed by atoms with E-state index in [0.717, 1.165) is 28.8 Å². The zero-order valence-corrected chi connectivity index (χ0v) is 12.9. The normalized spacial score (nSPS) is 17.2. The first kappa shape index (κ1) is 16.0. The van der Waals surface area contributed by atoms with Crippen molar-refractivity contribution in [2.45, 2.75) is 5.37 Å². The van der Waals surface area contributed by atoms with Gasteiger partial charge < -0.3 is 10.4 Å². The van der Waals surface area contributed by atoms with Crippen molar-refractivity contribution in [2.75, 3.05) is 10.2 Å². The summed E-state index contributed by atoms with van der Waals surface area (Å²) in [5.41, 5.74) is 0.758. The molecule has 2 aromatic carbocycles. The first-order chi connectivity index (χ1) is 11.5. The number of carboxylic acid groups (broad SMARTS) is 1. The maximum atomic E-state index is 13.0. The SMILES string of the molecule is O=C(O)c1cccc(N[C@@H]2SC(=O)N(c3ccc(F)cc3)C2=O)c1. The van der Waals surface area contributed by atoms with Crippen LogP contribution in [0.1, 0.15) is 10.4 Å². The van der Waals surface area contributed by atoms with Crippen molar-refractivity contribution in [3.63, 3.8) is 0 Å². The Morgan fingerprint density at radius 3 is 2.54 bits per heavy atom. The van der Waals surface area contributed by atoms with Crippen LogP contribution in [0.25, 0.3) is 0 Å². The topological polar surface area (TPSA) is 86.7 Å². The third-order valence-electron chi connectivity index (χ3n) is 3.34. The van der Waals surface area contributed by atoms with Gasteiger partial charge in [-0.1, -0.05) is 6.07 Å². The Hall–Kier alpha value is -2.87. The Bertz CT molecular complexity index is 825. The number of halogens is 1. The Morgan fingerprint density at radius 2 is 1.88 bits per heavy atom. The van der Waals surface area contributed by atoms with Gasteiger partial charge in [-0.05, 0) is 54.2 Å². The number of amides is 2. The summed E-state index contributed by atoms with van der Waals surface area (Å²) >= 11 is 0.775. The second kappa shape index (κ2) is 6.32. The van der Waals surface area contributed by atoms with Crippen LogP contribution in [0.5, 0.6) is 0 Å². The molecule has 1 fully saturated rings. The molecule has 6 nitrogen and oxygen atoms in total. The summed E-state index contributed by atoms with van der Waals surface area (Å²) in [6, 6.07) is 11.0. The van der Waals surface area contributed by atoms with Crippen molar-refractivity contribution >= 4 is 40.3 Å². The lowest BCUT2D eigenvalue weighted by Gasteiger charge is -2.15. The largest absolute Gasteiger partial charge is 0.478 e. The van der Waals surface area contributed by atoms with Crippen LogP contribution in [0.15, 0.2) is 48.5 Å². The molecule has 2 N–H and O–H groups in total. The zero-order valence-electron chi connectivity index (χ0n) is 12.1. The highest BCUT2D eigenvalue weighted by atomic mass is 32.2. The van der Waals surface area contributed by atoms with Gasteiger partial charge in [-0.3, -0.25) is 9.59 Å². The number of anilines is 2. The van der Waals surface area contributed by atoms with Crippen LogP contribution in [-0.2, 0) is 4.79 Å². The first-order valence-electron chi connectivity index (χ1n) is 6.86. The smallest absolute Gasteiger partial charge is 0.335 e. The number of carboxylic acids is 1. The quantitative estimate of drug-likeness (QED) is 0.884. The molecule has 0 saturated carbocycles. The fraction of sp³-hybridized carbons (Fsp3) is 0.0625. The number of nitrogens with zero attached hydrogens (tertiary/aromatic N) is 1. The Labute approximate surface area is 140 Å². The van der Waals surface area contributed by atoms with Gasteiger partial charge in [0, 0.05) is 5.69 Å². The number of thioether (sulfide) groups is 1. The number of hydrogen-bond acceptors (Lipinski definition) is 5. The highest BCUT2D eigenvalue weighted by Crippen LogP contribution is 2.32. The Kier molecular flexibility index (Phi) is 4.22. The van der Waals surface area contributed by atoms with E-state index in [9.17, 15) is 18.8 Å². The molecule has 2 aromatic rings. The molecule has 1 saturated heterocycles. The highest BCUT2D eigenvalue weighted by molar-refractivity contribution is 8.16. The third-order valence-corrected chi connectivity index (χ3v) is 4.28. The van der Waals surface area contributed by atoms with Crippen molar-refractivity contribution in [1.82, 2.24) is 0 Å². The van der Waals surface area contributed by atoms with Gasteiger partial charge >= 0.3 is 5.97 Å². The lowest BCUT2D eigenvalue weighted by atomic mass is 10.2. The molecule has 1 atom stereocenters. The molecule has 0 bridgehead atoms. The molecule has 122 valence electrons. The van der Waals surface area contributed by atoms with Gasteiger partial charge in [-0.25, -0.2) is 14.1 Å². The van der Waals surface area contributed by atoms with E-state index < -0.39 is 28.3 Å². The van der Waals surface area contributed by atoms with Crippen LogP contribution in [0.3, 0.4) is 0 Å². The molecule has 2 amide bonds. The lowest BCUT2D eigenvalue weighted by molar-refractivity contribution is -0.116. The summed E-state index contributed by atoms with van der Waals surface area (Å²) in [6.45, 7) is 0. The number of imide groups is 1. The van der Waals surface area contributed by atoms with Gasteiger partial charge in [0.1, 0.15) is 5.82 Å². The molecule has 0 aliphatic carbocycles. The molecule has 24 heavy (non-hydrogen) atoms. The number of nitrogens with one attached hydrogen (secondary N) is 1. The first-order valence-corrected chi connectivity index (χ1v) is 7.74. The monoisotopic (exact) mass is 346 g/mol. The van der Waals surface area contributed by atoms with Crippen LogP contribution in [0.4, 0.5) is 20.6 Å². The predicted molar refractivity (Wildman–Crippen MR) is 87.7 cm³/mol. The number of hydrogen-bond donors (Lipinski definition) is 2. The summed E-state index contributed by atoms with van der Waals surface area (Å²) in [7, 11) is 0. The molecular weight excluding hydrogens is 335 g/mol. The van der Waals surface area contributed by atoms with Crippen LogP contribution in [-0.4, -0.2) is 27.6 Å². The minimum Gasteiger partial charge on any atom is -0.478 e. The summed E-state index contributed by atoms with van der Waals surface area (Å²) in [5, 5.41) is 10.5. The summed E-state index contributed by atoms with van der Waals surface area (Å²) < 4.78 is 13.0. The fourth-order valence-corrected chi connectivity index (χ4v) is 3.12. The molecule has 1 heterocycles. The fourth-order valence-electron chi connectivity index (χ4n) is 2.22. The molecule has 0 spiro atoms. The second-order valence-electron chi connectivity index (χ2n) is 4.94. The van der Waals surface area contributed by atoms with Gasteiger partial charge in [0.2, 0.25) is 0 Å². The van der Waals surface area contributed by atoms with Gasteiger partial charge in [0.05, 0.1) is 11.3 Å². The Balaban J connectivity index is 1.80. The molecule has 1 aliphatic rings. The van der Waals surface area contributed by atoms with Crippen LogP contribution in [0.2, 0.25) is 0 Å². The minimum absolute atomic E-state index is 0.0668. The van der Waals surface area contributed by atoms with E-state index in [2.05, 4.69) is 5.32 Å². The van der Waals surface area contributed by atoms with Gasteiger partial charge in [-0.15, -0.1) is 0 Å². The highest BCUT2D eigenvalue weighted by Gasteiger charge is 2.40. The molecule has 0 radical (unpaired) electrons. The van der Waals surface area contributed by atoms with E-state index in [1.165, 1.54) is 30.3 Å². The van der Waals surface area contributed by atoms with Crippen molar-refractivity contribution < 1.29 is 23.9 Å². The van der Waals surface area contributed by atoms with E-state index in [1.807, 2.05) is 0 Å². The zero-order chi connectivity index (χ0) is 17.3. The molecule has 0 unspecified atom stereocenters. The summed E-state index contributed by atoms with van der Waals surface area (Å²) in [5.74, 6) is -2.06. The standard InChI is InChI=1S/C16H11FN2O4S/c17-10-4-6-12(7-5-10)19-14(20)13(24-16(19)23)18-11-3-1-2-9(8-11)15(21)22/h1-8,13,18H,(H,21,22)/t13-/m1/s1. The number of rotatable bonds is 4. The predicted octanol–water partition coefficient (Wildman–Crippen LogP) is 3.16. The van der Waals surface area contributed by atoms with Crippen molar-refractivity contribution in [1.29, 1.82) is 0 Å². The van der Waals surface area contributed by atoms with Crippen molar-refractivity contribution in [2.24, 2.45) is 0 Å². The van der Waals surface area contributed by atoms with Gasteiger partial charge in [0.15, 0.2) is 5.37 Å². The minimum atomic E-state index is -1.09. The van der Waals surface area contributed by atoms with E-state index in [-0.39, 0.29) is 11.3 Å². The summed E-state index contributed by atoms with van der Waals surface area (Å²) in [6.07, 6.45) is 0. The van der Waals surface area contributed by atoms with E-state index in [1.54, 1.807) is 6.07 Å². The number of benzene rings is 2. The number of aromatic carboxylic acids is 1. The third kappa shape index (κ3) is 3.09. The Morgan fingerprint density at radius 1 is 1.17 bits per heavy atom. The van der Waals surface area contributed by atoms with E-state index in [4.69, 9.17) is 5.11 Å². The average Bonchev–Trinajstić information content (AvgIpc) is 2.83.